The molecule has 1 aliphatic rings. The molecule has 1 fully saturated rings. The van der Waals surface area contributed by atoms with E-state index >= 15 is 0 Å². The highest BCUT2D eigenvalue weighted by Crippen LogP contribution is 2.28. The number of nitrogens with one attached hydrogen (secondary N) is 1. The highest BCUT2D eigenvalue weighted by Gasteiger charge is 2.27. The van der Waals surface area contributed by atoms with Crippen molar-refractivity contribution < 1.29 is 17.9 Å². The molecule has 2 aromatic carbocycles. The molecule has 2 aromatic rings. The molecule has 3 rings (SSSR count). The number of aryl methyl sites for hydroxylation is 1. The normalized spacial score (nSPS) is 16.0. The SMILES string of the molecule is CCOc1ccc(NC(=O)c2ccc(C)c(N3CCCCS3(=O)=O)c2)cc1. The first kappa shape index (κ1) is 19.2. The predicted molar refractivity (Wildman–Crippen MR) is 107 cm³/mol. The highest BCUT2D eigenvalue weighted by atomic mass is 32.2. The van der Waals surface area contributed by atoms with Gasteiger partial charge in [0, 0.05) is 17.8 Å². The minimum absolute atomic E-state index is 0.148. The van der Waals surface area contributed by atoms with E-state index in [0.29, 0.717) is 36.5 Å². The average Bonchev–Trinajstić information content (AvgIpc) is 2.64. The molecule has 7 heteroatoms. The number of anilines is 2. The first-order chi connectivity index (χ1) is 12.9. The summed E-state index contributed by atoms with van der Waals surface area (Å²) in [5.41, 5.74) is 2.48. The van der Waals surface area contributed by atoms with Crippen LogP contribution in [-0.2, 0) is 10.0 Å². The Kier molecular flexibility index (Phi) is 5.70. The molecule has 1 N–H and O–H groups in total. The number of benzene rings is 2. The molecule has 144 valence electrons. The van der Waals surface area contributed by atoms with Crippen molar-refractivity contribution in [3.8, 4) is 5.75 Å². The van der Waals surface area contributed by atoms with Crippen LogP contribution >= 0.6 is 0 Å². The third kappa shape index (κ3) is 4.42. The molecule has 0 aliphatic carbocycles. The summed E-state index contributed by atoms with van der Waals surface area (Å²) in [7, 11) is -3.32. The molecule has 0 bridgehead atoms. The van der Waals surface area contributed by atoms with E-state index in [1.165, 1.54) is 4.31 Å². The third-order valence-electron chi connectivity index (χ3n) is 4.51. The quantitative estimate of drug-likeness (QED) is 0.849. The summed E-state index contributed by atoms with van der Waals surface area (Å²) in [6, 6.07) is 12.3. The van der Waals surface area contributed by atoms with Gasteiger partial charge in [0.1, 0.15) is 5.75 Å². The van der Waals surface area contributed by atoms with Crippen LogP contribution in [0.5, 0.6) is 5.75 Å². The van der Waals surface area contributed by atoms with Crippen LogP contribution in [-0.4, -0.2) is 33.2 Å². The fourth-order valence-corrected chi connectivity index (χ4v) is 4.78. The molecule has 1 aliphatic heterocycles. The van der Waals surface area contributed by atoms with Gasteiger partial charge in [-0.3, -0.25) is 9.10 Å². The van der Waals surface area contributed by atoms with Gasteiger partial charge in [-0.2, -0.15) is 0 Å². The van der Waals surface area contributed by atoms with E-state index in [1.54, 1.807) is 42.5 Å². The lowest BCUT2D eigenvalue weighted by Gasteiger charge is -2.29. The molecule has 27 heavy (non-hydrogen) atoms. The molecule has 0 aromatic heterocycles. The van der Waals surface area contributed by atoms with Crippen molar-refractivity contribution in [2.45, 2.75) is 26.7 Å². The third-order valence-corrected chi connectivity index (χ3v) is 6.37. The maximum absolute atomic E-state index is 12.6. The van der Waals surface area contributed by atoms with E-state index in [4.69, 9.17) is 4.74 Å². The zero-order valence-electron chi connectivity index (χ0n) is 15.6. The van der Waals surface area contributed by atoms with Gasteiger partial charge >= 0.3 is 0 Å². The molecular formula is C20H24N2O4S. The molecule has 1 saturated heterocycles. The number of hydrogen-bond donors (Lipinski definition) is 1. The van der Waals surface area contributed by atoms with Crippen LogP contribution in [0.1, 0.15) is 35.7 Å². The summed E-state index contributed by atoms with van der Waals surface area (Å²) in [5.74, 6) is 0.605. The lowest BCUT2D eigenvalue weighted by atomic mass is 10.1. The predicted octanol–water partition coefficient (Wildman–Crippen LogP) is 3.58. The Bertz CT molecular complexity index is 923. The summed E-state index contributed by atoms with van der Waals surface area (Å²) >= 11 is 0. The maximum Gasteiger partial charge on any atom is 0.255 e. The van der Waals surface area contributed by atoms with Crippen LogP contribution in [0, 0.1) is 6.92 Å². The summed E-state index contributed by atoms with van der Waals surface area (Å²) in [5, 5.41) is 2.84. The van der Waals surface area contributed by atoms with E-state index in [1.807, 2.05) is 13.8 Å². The van der Waals surface area contributed by atoms with Crippen molar-refractivity contribution in [1.82, 2.24) is 0 Å². The van der Waals surface area contributed by atoms with Gasteiger partial charge in [0.2, 0.25) is 10.0 Å². The molecule has 0 unspecified atom stereocenters. The van der Waals surface area contributed by atoms with E-state index < -0.39 is 10.0 Å². The van der Waals surface area contributed by atoms with Crippen molar-refractivity contribution in [3.05, 3.63) is 53.6 Å². The Balaban J connectivity index is 1.81. The van der Waals surface area contributed by atoms with Crippen LogP contribution < -0.4 is 14.4 Å². The van der Waals surface area contributed by atoms with Gasteiger partial charge in [-0.1, -0.05) is 6.07 Å². The first-order valence-electron chi connectivity index (χ1n) is 9.06. The zero-order valence-corrected chi connectivity index (χ0v) is 16.4. The van der Waals surface area contributed by atoms with Crippen molar-refractivity contribution in [2.75, 3.05) is 28.5 Å². The topological polar surface area (TPSA) is 75.7 Å². The van der Waals surface area contributed by atoms with Crippen LogP contribution in [0.2, 0.25) is 0 Å². The van der Waals surface area contributed by atoms with E-state index in [-0.39, 0.29) is 11.7 Å². The standard InChI is InChI=1S/C20H24N2O4S/c1-3-26-18-10-8-17(9-11-18)21-20(23)16-7-6-15(2)19(14-16)22-12-4-5-13-27(22,24)25/h6-11,14H,3-5,12-13H2,1-2H3,(H,21,23). The lowest BCUT2D eigenvalue weighted by Crippen LogP contribution is -2.38. The Hall–Kier alpha value is -2.54. The zero-order chi connectivity index (χ0) is 19.4. The Labute approximate surface area is 160 Å². The maximum atomic E-state index is 12.6. The molecule has 1 heterocycles. The number of amides is 1. The summed E-state index contributed by atoms with van der Waals surface area (Å²) < 4.78 is 31.6. The lowest BCUT2D eigenvalue weighted by molar-refractivity contribution is 0.102. The Morgan fingerprint density at radius 3 is 2.56 bits per heavy atom. The number of nitrogens with zero attached hydrogens (tertiary/aromatic N) is 1. The molecule has 0 saturated carbocycles. The second kappa shape index (κ2) is 8.00. The number of carbonyl (C=O) groups excluding carboxylic acids is 1. The Morgan fingerprint density at radius 1 is 1.15 bits per heavy atom. The molecule has 0 radical (unpaired) electrons. The van der Waals surface area contributed by atoms with Crippen molar-refractivity contribution >= 4 is 27.3 Å². The van der Waals surface area contributed by atoms with Gasteiger partial charge in [0.25, 0.3) is 5.91 Å². The average molecular weight is 388 g/mol. The fourth-order valence-electron chi connectivity index (χ4n) is 3.08. The second-order valence-electron chi connectivity index (χ2n) is 6.51. The second-order valence-corrected chi connectivity index (χ2v) is 8.52. The van der Waals surface area contributed by atoms with Crippen molar-refractivity contribution in [2.24, 2.45) is 0 Å². The monoisotopic (exact) mass is 388 g/mol. The molecule has 0 atom stereocenters. The van der Waals surface area contributed by atoms with Crippen LogP contribution in [0.4, 0.5) is 11.4 Å². The van der Waals surface area contributed by atoms with E-state index in [2.05, 4.69) is 5.32 Å². The van der Waals surface area contributed by atoms with Gasteiger partial charge in [-0.05, 0) is 68.7 Å². The van der Waals surface area contributed by atoms with E-state index in [9.17, 15) is 13.2 Å². The number of hydrogen-bond acceptors (Lipinski definition) is 4. The minimum Gasteiger partial charge on any atom is -0.494 e. The summed E-state index contributed by atoms with van der Waals surface area (Å²) in [4.78, 5) is 12.6. The molecule has 6 nitrogen and oxygen atoms in total. The number of sulfonamides is 1. The van der Waals surface area contributed by atoms with E-state index in [0.717, 1.165) is 17.7 Å². The molecular weight excluding hydrogens is 364 g/mol. The van der Waals surface area contributed by atoms with Crippen molar-refractivity contribution in [1.29, 1.82) is 0 Å². The van der Waals surface area contributed by atoms with Gasteiger partial charge in [0.15, 0.2) is 0 Å². The number of rotatable bonds is 5. The van der Waals surface area contributed by atoms with Gasteiger partial charge in [-0.25, -0.2) is 8.42 Å². The van der Waals surface area contributed by atoms with Crippen LogP contribution in [0.3, 0.4) is 0 Å². The first-order valence-corrected chi connectivity index (χ1v) is 10.7. The summed E-state index contributed by atoms with van der Waals surface area (Å²) in [6.07, 6.45) is 1.50. The number of carbonyl (C=O) groups is 1. The van der Waals surface area contributed by atoms with Crippen LogP contribution in [0.15, 0.2) is 42.5 Å². The van der Waals surface area contributed by atoms with Gasteiger partial charge in [-0.15, -0.1) is 0 Å². The van der Waals surface area contributed by atoms with Crippen molar-refractivity contribution in [3.63, 3.8) is 0 Å². The van der Waals surface area contributed by atoms with Gasteiger partial charge in [0.05, 0.1) is 18.0 Å². The van der Waals surface area contributed by atoms with Crippen LogP contribution in [0.25, 0.3) is 0 Å². The molecule has 1 amide bonds. The minimum atomic E-state index is -3.32. The largest absolute Gasteiger partial charge is 0.494 e. The highest BCUT2D eigenvalue weighted by molar-refractivity contribution is 7.92. The number of ether oxygens (including phenoxy) is 1. The smallest absolute Gasteiger partial charge is 0.255 e. The fraction of sp³-hybridized carbons (Fsp3) is 0.350. The Morgan fingerprint density at radius 2 is 1.89 bits per heavy atom. The summed E-state index contributed by atoms with van der Waals surface area (Å²) in [6.45, 7) is 4.80. The molecule has 0 spiro atoms. The van der Waals surface area contributed by atoms with Gasteiger partial charge < -0.3 is 10.1 Å².